The Hall–Kier alpha value is -3.80. The number of nitrogens with one attached hydrogen (secondary N) is 1. The smallest absolute Gasteiger partial charge is 0.329 e. The van der Waals surface area contributed by atoms with Gasteiger partial charge in [0.25, 0.3) is 5.56 Å². The van der Waals surface area contributed by atoms with Crippen LogP contribution in [0.25, 0.3) is 16.7 Å². The van der Waals surface area contributed by atoms with Crippen molar-refractivity contribution in [1.82, 2.24) is 29.3 Å². The summed E-state index contributed by atoms with van der Waals surface area (Å²) in [6.45, 7) is 4.05. The van der Waals surface area contributed by atoms with Gasteiger partial charge in [0, 0.05) is 6.54 Å². The van der Waals surface area contributed by atoms with Crippen LogP contribution in [0.5, 0.6) is 0 Å². The number of H-pyrrole nitrogens is 1. The van der Waals surface area contributed by atoms with E-state index in [-0.39, 0.29) is 35.4 Å². The van der Waals surface area contributed by atoms with Gasteiger partial charge in [0.1, 0.15) is 28.6 Å². The van der Waals surface area contributed by atoms with E-state index in [9.17, 15) is 18.8 Å². The van der Waals surface area contributed by atoms with Crippen LogP contribution in [-0.4, -0.2) is 40.8 Å². The number of rotatable bonds is 7. The molecule has 0 spiro atoms. The van der Waals surface area contributed by atoms with E-state index in [1.165, 1.54) is 27.7 Å². The third-order valence-electron chi connectivity index (χ3n) is 4.81. The topological polar surface area (TPSA) is 142 Å². The molecule has 3 heterocycles. The maximum absolute atomic E-state index is 13.2. The number of benzene rings is 1. The molecule has 0 bridgehead atoms. The van der Waals surface area contributed by atoms with E-state index in [0.717, 1.165) is 11.8 Å². The second-order valence-corrected chi connectivity index (χ2v) is 8.65. The first-order valence-corrected chi connectivity index (χ1v) is 11.0. The molecule has 0 fully saturated rings. The monoisotopic (exact) mass is 469 g/mol. The minimum atomic E-state index is -0.819. The quantitative estimate of drug-likeness (QED) is 0.238. The molecule has 3 N–H and O–H groups in total. The number of ketones is 1. The van der Waals surface area contributed by atoms with Gasteiger partial charge in [-0.05, 0) is 30.2 Å². The summed E-state index contributed by atoms with van der Waals surface area (Å²) in [5, 5.41) is 5.37. The predicted molar refractivity (Wildman–Crippen MR) is 122 cm³/mol. The number of carbonyl (C=O) groups excluding carboxylic acids is 1. The van der Waals surface area contributed by atoms with Gasteiger partial charge in [0.05, 0.1) is 23.0 Å². The van der Waals surface area contributed by atoms with Gasteiger partial charge in [0.15, 0.2) is 11.4 Å². The largest absolute Gasteiger partial charge is 0.384 e. The Morgan fingerprint density at radius 1 is 1.21 bits per heavy atom. The number of Topliss-reactive ketones (excluding diaryl/α,β-unsaturated/α-hetero) is 1. The zero-order valence-electron chi connectivity index (χ0n) is 17.8. The first-order valence-electron chi connectivity index (χ1n) is 9.99. The Bertz CT molecular complexity index is 1460. The maximum Gasteiger partial charge on any atom is 0.329 e. The van der Waals surface area contributed by atoms with Crippen molar-refractivity contribution < 1.29 is 9.18 Å². The molecule has 0 aliphatic rings. The van der Waals surface area contributed by atoms with Crippen LogP contribution in [0.1, 0.15) is 24.2 Å². The lowest BCUT2D eigenvalue weighted by molar-refractivity contribution is 0.102. The lowest BCUT2D eigenvalue weighted by Gasteiger charge is -2.13. The molecule has 0 aliphatic heterocycles. The van der Waals surface area contributed by atoms with Gasteiger partial charge in [-0.1, -0.05) is 25.6 Å². The van der Waals surface area contributed by atoms with Crippen molar-refractivity contribution in [3.8, 4) is 5.69 Å². The van der Waals surface area contributed by atoms with Crippen molar-refractivity contribution in [3.05, 3.63) is 69.0 Å². The van der Waals surface area contributed by atoms with Crippen LogP contribution >= 0.6 is 11.8 Å². The number of hydrogen-bond acceptors (Lipinski definition) is 8. The zero-order chi connectivity index (χ0) is 23.7. The van der Waals surface area contributed by atoms with Crippen LogP contribution in [0, 0.1) is 11.7 Å². The SMILES string of the molecule is CC(C)Cn1c(N)c(C(=O)CSc2ncnc3c2cnn3-c2ccc(F)cc2)c(=O)[nH]c1=O. The van der Waals surface area contributed by atoms with Gasteiger partial charge in [0.2, 0.25) is 0 Å². The van der Waals surface area contributed by atoms with Crippen LogP contribution in [0.2, 0.25) is 0 Å². The number of aromatic nitrogens is 6. The molecular formula is C21H20FN7O3S. The number of nitrogens with two attached hydrogens (primary N) is 1. The number of hydrogen-bond donors (Lipinski definition) is 2. The lowest BCUT2D eigenvalue weighted by Crippen LogP contribution is -2.37. The molecule has 10 nitrogen and oxygen atoms in total. The summed E-state index contributed by atoms with van der Waals surface area (Å²) < 4.78 is 16.0. The number of nitrogens with zero attached hydrogens (tertiary/aromatic N) is 5. The van der Waals surface area contributed by atoms with Crippen molar-refractivity contribution in [2.75, 3.05) is 11.5 Å². The Balaban J connectivity index is 1.62. The molecule has 0 aliphatic carbocycles. The number of fused-ring (bicyclic) bond motifs is 1. The van der Waals surface area contributed by atoms with Crippen LogP contribution in [-0.2, 0) is 6.54 Å². The molecule has 12 heteroatoms. The fourth-order valence-corrected chi connectivity index (χ4v) is 4.15. The average Bonchev–Trinajstić information content (AvgIpc) is 3.20. The third kappa shape index (κ3) is 4.42. The van der Waals surface area contributed by atoms with E-state index < -0.39 is 17.0 Å². The highest BCUT2D eigenvalue weighted by Gasteiger charge is 2.21. The number of carbonyl (C=O) groups is 1. The average molecular weight is 470 g/mol. The van der Waals surface area contributed by atoms with Gasteiger partial charge < -0.3 is 5.73 Å². The molecule has 3 aromatic heterocycles. The van der Waals surface area contributed by atoms with Crippen molar-refractivity contribution in [1.29, 1.82) is 0 Å². The minimum Gasteiger partial charge on any atom is -0.384 e. The number of nitrogen functional groups attached to an aromatic ring is 1. The van der Waals surface area contributed by atoms with Crippen LogP contribution in [0.15, 0.2) is 51.4 Å². The zero-order valence-corrected chi connectivity index (χ0v) is 18.6. The summed E-state index contributed by atoms with van der Waals surface area (Å²) in [7, 11) is 0. The first kappa shape index (κ1) is 22.4. The normalized spacial score (nSPS) is 11.4. The highest BCUT2D eigenvalue weighted by molar-refractivity contribution is 8.00. The molecule has 4 aromatic rings. The van der Waals surface area contributed by atoms with E-state index >= 15 is 0 Å². The van der Waals surface area contributed by atoms with Crippen molar-refractivity contribution in [3.63, 3.8) is 0 Å². The molecule has 0 atom stereocenters. The van der Waals surface area contributed by atoms with E-state index in [4.69, 9.17) is 5.73 Å². The van der Waals surface area contributed by atoms with E-state index in [2.05, 4.69) is 20.1 Å². The summed E-state index contributed by atoms with van der Waals surface area (Å²) in [4.78, 5) is 47.9. The standard InChI is InChI=1S/C21H20FN7O3S/c1-11(2)8-28-17(23)16(19(31)27-21(28)32)15(30)9-33-20-14-7-26-29(18(14)24-10-25-20)13-5-3-12(22)4-6-13/h3-7,10-11H,8-9,23H2,1-2H3,(H,27,31,32). The highest BCUT2D eigenvalue weighted by atomic mass is 32.2. The van der Waals surface area contributed by atoms with Crippen molar-refractivity contribution >= 4 is 34.4 Å². The van der Waals surface area contributed by atoms with Gasteiger partial charge in [-0.2, -0.15) is 5.10 Å². The van der Waals surface area contributed by atoms with E-state index in [0.29, 0.717) is 21.7 Å². The molecule has 0 unspecified atom stereocenters. The number of anilines is 1. The number of aromatic amines is 1. The summed E-state index contributed by atoms with van der Waals surface area (Å²) in [5.41, 5.74) is 5.39. The molecule has 0 radical (unpaired) electrons. The maximum atomic E-state index is 13.2. The third-order valence-corrected chi connectivity index (χ3v) is 5.81. The Kier molecular flexibility index (Phi) is 6.09. The molecule has 1 aromatic carbocycles. The summed E-state index contributed by atoms with van der Waals surface area (Å²) in [6.07, 6.45) is 2.89. The molecule has 170 valence electrons. The molecule has 33 heavy (non-hydrogen) atoms. The number of thioether (sulfide) groups is 1. The van der Waals surface area contributed by atoms with Crippen LogP contribution < -0.4 is 17.0 Å². The fraction of sp³-hybridized carbons (Fsp3) is 0.238. The summed E-state index contributed by atoms with van der Waals surface area (Å²) >= 11 is 1.10. The first-order chi connectivity index (χ1) is 15.8. The van der Waals surface area contributed by atoms with Gasteiger partial charge >= 0.3 is 5.69 Å². The number of halogens is 1. The Morgan fingerprint density at radius 2 is 1.94 bits per heavy atom. The lowest BCUT2D eigenvalue weighted by atomic mass is 10.2. The van der Waals surface area contributed by atoms with Gasteiger partial charge in [-0.15, -0.1) is 0 Å². The second-order valence-electron chi connectivity index (χ2n) is 7.68. The Morgan fingerprint density at radius 3 is 2.64 bits per heavy atom. The molecule has 0 saturated heterocycles. The molecular weight excluding hydrogens is 449 g/mol. The van der Waals surface area contributed by atoms with Crippen LogP contribution in [0.4, 0.5) is 10.2 Å². The second kappa shape index (κ2) is 8.98. The summed E-state index contributed by atoms with van der Waals surface area (Å²) in [6, 6.07) is 5.78. The van der Waals surface area contributed by atoms with Crippen molar-refractivity contribution in [2.24, 2.45) is 5.92 Å². The molecule has 0 amide bonds. The van der Waals surface area contributed by atoms with Crippen molar-refractivity contribution in [2.45, 2.75) is 25.4 Å². The van der Waals surface area contributed by atoms with E-state index in [1.807, 2.05) is 13.8 Å². The van der Waals surface area contributed by atoms with Gasteiger partial charge in [-0.25, -0.2) is 23.8 Å². The Labute approximate surface area is 190 Å². The fourth-order valence-electron chi connectivity index (χ4n) is 3.32. The minimum absolute atomic E-state index is 0.0835. The molecule has 0 saturated carbocycles. The molecule has 4 rings (SSSR count). The van der Waals surface area contributed by atoms with E-state index in [1.54, 1.807) is 18.3 Å². The summed E-state index contributed by atoms with van der Waals surface area (Å²) in [5.74, 6) is -1.11. The van der Waals surface area contributed by atoms with Crippen LogP contribution in [0.3, 0.4) is 0 Å². The highest BCUT2D eigenvalue weighted by Crippen LogP contribution is 2.26. The predicted octanol–water partition coefficient (Wildman–Crippen LogP) is 2.02. The van der Waals surface area contributed by atoms with Gasteiger partial charge in [-0.3, -0.25) is 19.1 Å².